The van der Waals surface area contributed by atoms with E-state index in [1.165, 1.54) is 24.8 Å². The first-order chi connectivity index (χ1) is 15.6. The summed E-state index contributed by atoms with van der Waals surface area (Å²) in [5.74, 6) is 0.980. The van der Waals surface area contributed by atoms with Gasteiger partial charge in [-0.1, -0.05) is 25.3 Å². The summed E-state index contributed by atoms with van der Waals surface area (Å²) in [6.45, 7) is 8.05. The van der Waals surface area contributed by atoms with E-state index in [1.807, 2.05) is 18.5 Å². The number of piperidine rings is 1. The summed E-state index contributed by atoms with van der Waals surface area (Å²) in [6.07, 6.45) is 12.4. The lowest BCUT2D eigenvalue weighted by molar-refractivity contribution is -0.145. The van der Waals surface area contributed by atoms with Crippen molar-refractivity contribution in [1.29, 1.82) is 0 Å². The van der Waals surface area contributed by atoms with Crippen LogP contribution in [0.3, 0.4) is 0 Å². The van der Waals surface area contributed by atoms with E-state index in [0.29, 0.717) is 11.8 Å². The van der Waals surface area contributed by atoms with E-state index in [4.69, 9.17) is 0 Å². The Labute approximate surface area is 192 Å². The molecule has 5 rings (SSSR count). The predicted molar refractivity (Wildman–Crippen MR) is 124 cm³/mol. The van der Waals surface area contributed by atoms with Crippen LogP contribution in [0, 0.1) is 16.7 Å². The van der Waals surface area contributed by atoms with Crippen LogP contribution in [0.2, 0.25) is 0 Å². The first-order valence-electron chi connectivity index (χ1n) is 12.8. The Hall–Kier alpha value is -1.95. The van der Waals surface area contributed by atoms with Gasteiger partial charge in [-0.25, -0.2) is 0 Å². The molecule has 1 aliphatic carbocycles. The minimum absolute atomic E-state index is 0.0143. The molecule has 0 N–H and O–H groups in total. The molecule has 32 heavy (non-hydrogen) atoms. The van der Waals surface area contributed by atoms with Crippen LogP contribution >= 0.6 is 0 Å². The fourth-order valence-electron chi connectivity index (χ4n) is 7.22. The number of amides is 2. The molecule has 6 heteroatoms. The lowest BCUT2D eigenvalue weighted by atomic mass is 9.60. The smallest absolute Gasteiger partial charge is 0.230 e. The van der Waals surface area contributed by atoms with Crippen molar-refractivity contribution in [2.75, 3.05) is 39.3 Å². The summed E-state index contributed by atoms with van der Waals surface area (Å²) in [7, 11) is 0. The van der Waals surface area contributed by atoms with Crippen molar-refractivity contribution in [3.8, 4) is 0 Å². The van der Waals surface area contributed by atoms with E-state index in [1.54, 1.807) is 0 Å². The molecule has 1 saturated carbocycles. The normalized spacial score (nSPS) is 28.8. The number of rotatable bonds is 4. The molecule has 1 unspecified atom stereocenters. The van der Waals surface area contributed by atoms with Gasteiger partial charge in [0.15, 0.2) is 0 Å². The molecule has 174 valence electrons. The van der Waals surface area contributed by atoms with E-state index in [0.717, 1.165) is 77.9 Å². The monoisotopic (exact) mass is 438 g/mol. The van der Waals surface area contributed by atoms with Gasteiger partial charge in [-0.3, -0.25) is 19.5 Å². The summed E-state index contributed by atoms with van der Waals surface area (Å²) in [5, 5.41) is 0. The van der Waals surface area contributed by atoms with Gasteiger partial charge in [-0.05, 0) is 50.7 Å². The second-order valence-electron chi connectivity index (χ2n) is 10.7. The molecule has 1 aromatic rings. The highest BCUT2D eigenvalue weighted by atomic mass is 16.2. The average Bonchev–Trinajstić information content (AvgIpc) is 3.32. The summed E-state index contributed by atoms with van der Waals surface area (Å²) in [6, 6.07) is 4.12. The largest absolute Gasteiger partial charge is 0.342 e. The minimum Gasteiger partial charge on any atom is -0.342 e. The van der Waals surface area contributed by atoms with Crippen LogP contribution in [0.4, 0.5) is 0 Å². The van der Waals surface area contributed by atoms with Crippen molar-refractivity contribution in [2.45, 2.75) is 64.8 Å². The maximum atomic E-state index is 13.7. The molecule has 0 radical (unpaired) electrons. The number of carbonyl (C=O) groups excluding carboxylic acids is 2. The Morgan fingerprint density at radius 2 is 1.88 bits per heavy atom. The van der Waals surface area contributed by atoms with E-state index >= 15 is 0 Å². The van der Waals surface area contributed by atoms with Crippen molar-refractivity contribution in [2.24, 2.45) is 16.7 Å². The summed E-state index contributed by atoms with van der Waals surface area (Å²) in [4.78, 5) is 37.9. The number of nitrogens with zero attached hydrogens (tertiary/aromatic N) is 4. The van der Waals surface area contributed by atoms with Crippen LogP contribution in [-0.4, -0.2) is 70.8 Å². The first kappa shape index (κ1) is 21.9. The second kappa shape index (κ2) is 8.77. The molecule has 2 amide bonds. The number of hydrogen-bond donors (Lipinski definition) is 0. The number of carbonyl (C=O) groups is 2. The molecule has 4 heterocycles. The second-order valence-corrected chi connectivity index (χ2v) is 10.7. The van der Waals surface area contributed by atoms with Gasteiger partial charge >= 0.3 is 0 Å². The highest BCUT2D eigenvalue weighted by molar-refractivity contribution is 5.87. The topological polar surface area (TPSA) is 56.8 Å². The van der Waals surface area contributed by atoms with Crippen LogP contribution < -0.4 is 0 Å². The van der Waals surface area contributed by atoms with Crippen LogP contribution in [0.15, 0.2) is 24.5 Å². The van der Waals surface area contributed by atoms with Crippen LogP contribution in [0.25, 0.3) is 0 Å². The van der Waals surface area contributed by atoms with Crippen molar-refractivity contribution in [3.63, 3.8) is 0 Å². The molecule has 1 aromatic heterocycles. The third-order valence-corrected chi connectivity index (χ3v) is 9.04. The Balaban J connectivity index is 1.34. The molecular weight excluding hydrogens is 400 g/mol. The zero-order valence-corrected chi connectivity index (χ0v) is 19.6. The van der Waals surface area contributed by atoms with Crippen molar-refractivity contribution >= 4 is 11.8 Å². The van der Waals surface area contributed by atoms with E-state index < -0.39 is 0 Å². The van der Waals surface area contributed by atoms with Gasteiger partial charge in [0, 0.05) is 69.5 Å². The molecule has 0 aromatic carbocycles. The standard InChI is InChI=1S/C26H38N4O2/c1-2-29-16-12-26(24(29)32)20-28(18-21-7-6-13-27-17-21)19-25(26)10-14-30(15-11-25)23(31)22-8-4-3-5-9-22/h6-7,13,17,22H,2-5,8-12,14-16,18-20H2,1H3. The predicted octanol–water partition coefficient (Wildman–Crippen LogP) is 3.32. The molecule has 3 saturated heterocycles. The molecular formula is C26H38N4O2. The number of likely N-dealkylation sites (tertiary alicyclic amines) is 3. The van der Waals surface area contributed by atoms with Crippen molar-refractivity contribution in [1.82, 2.24) is 19.7 Å². The van der Waals surface area contributed by atoms with Crippen molar-refractivity contribution in [3.05, 3.63) is 30.1 Å². The summed E-state index contributed by atoms with van der Waals surface area (Å²) < 4.78 is 0. The minimum atomic E-state index is -0.287. The van der Waals surface area contributed by atoms with Gasteiger partial charge in [0.05, 0.1) is 5.41 Å². The van der Waals surface area contributed by atoms with Crippen molar-refractivity contribution < 1.29 is 9.59 Å². The third kappa shape index (κ3) is 3.64. The quantitative estimate of drug-likeness (QED) is 0.724. The summed E-state index contributed by atoms with van der Waals surface area (Å²) >= 11 is 0. The van der Waals surface area contributed by atoms with Gasteiger partial charge in [0.2, 0.25) is 11.8 Å². The van der Waals surface area contributed by atoms with Gasteiger partial charge < -0.3 is 9.80 Å². The fourth-order valence-corrected chi connectivity index (χ4v) is 7.22. The third-order valence-electron chi connectivity index (χ3n) is 9.04. The van der Waals surface area contributed by atoms with E-state index in [2.05, 4.69) is 32.7 Å². The lowest BCUT2D eigenvalue weighted by Crippen LogP contribution is -2.54. The zero-order valence-electron chi connectivity index (χ0n) is 19.6. The Kier molecular flexibility index (Phi) is 5.99. The van der Waals surface area contributed by atoms with Gasteiger partial charge in [0.1, 0.15) is 0 Å². The molecule has 2 spiro atoms. The highest BCUT2D eigenvalue weighted by Crippen LogP contribution is 2.58. The number of fused-ring (bicyclic) bond motifs is 1. The summed E-state index contributed by atoms with van der Waals surface area (Å²) in [5.41, 5.74) is 0.910. The van der Waals surface area contributed by atoms with Crippen LogP contribution in [-0.2, 0) is 16.1 Å². The lowest BCUT2D eigenvalue weighted by Gasteiger charge is -2.47. The molecule has 6 nitrogen and oxygen atoms in total. The maximum Gasteiger partial charge on any atom is 0.230 e. The van der Waals surface area contributed by atoms with E-state index in [-0.39, 0.29) is 16.7 Å². The highest BCUT2D eigenvalue weighted by Gasteiger charge is 2.65. The average molecular weight is 439 g/mol. The van der Waals surface area contributed by atoms with E-state index in [9.17, 15) is 9.59 Å². The van der Waals surface area contributed by atoms with Gasteiger partial charge in [0.25, 0.3) is 0 Å². The fraction of sp³-hybridized carbons (Fsp3) is 0.731. The van der Waals surface area contributed by atoms with Gasteiger partial charge in [-0.15, -0.1) is 0 Å². The number of hydrogen-bond acceptors (Lipinski definition) is 4. The number of aromatic nitrogens is 1. The Morgan fingerprint density at radius 1 is 1.09 bits per heavy atom. The zero-order chi connectivity index (χ0) is 22.2. The SMILES string of the molecule is CCN1CCC2(CN(Cc3cccnc3)CC23CCN(C(=O)C2CCCCC2)CC3)C1=O. The molecule has 1 atom stereocenters. The van der Waals surface area contributed by atoms with Gasteiger partial charge in [-0.2, -0.15) is 0 Å². The van der Waals surface area contributed by atoms with Crippen LogP contribution in [0.1, 0.15) is 63.9 Å². The molecule has 0 bridgehead atoms. The molecule has 4 aliphatic rings. The van der Waals surface area contributed by atoms with Crippen LogP contribution in [0.5, 0.6) is 0 Å². The first-order valence-corrected chi connectivity index (χ1v) is 12.8. The number of pyridine rings is 1. The Bertz CT molecular complexity index is 829. The molecule has 3 aliphatic heterocycles. The maximum absolute atomic E-state index is 13.7. The molecule has 4 fully saturated rings. The Morgan fingerprint density at radius 3 is 2.53 bits per heavy atom.